The van der Waals surface area contributed by atoms with Crippen LogP contribution in [-0.2, 0) is 0 Å². The van der Waals surface area contributed by atoms with E-state index in [-0.39, 0.29) is 5.91 Å². The van der Waals surface area contributed by atoms with Gasteiger partial charge in [-0.1, -0.05) is 6.07 Å². The zero-order valence-electron chi connectivity index (χ0n) is 10.8. The first-order chi connectivity index (χ1) is 8.66. The summed E-state index contributed by atoms with van der Waals surface area (Å²) >= 11 is 0. The van der Waals surface area contributed by atoms with Crippen molar-refractivity contribution < 1.29 is 4.79 Å². The van der Waals surface area contributed by atoms with Gasteiger partial charge in [0.25, 0.3) is 5.91 Å². The molecule has 0 atom stereocenters. The second-order valence-corrected chi connectivity index (χ2v) is 4.51. The second-order valence-electron chi connectivity index (χ2n) is 4.51. The van der Waals surface area contributed by atoms with Crippen LogP contribution in [0, 0.1) is 0 Å². The minimum absolute atomic E-state index is 0.113. The van der Waals surface area contributed by atoms with Gasteiger partial charge in [-0.2, -0.15) is 5.10 Å². The summed E-state index contributed by atoms with van der Waals surface area (Å²) in [6, 6.07) is 7.53. The number of hydrogen-bond donors (Lipinski definition) is 1. The van der Waals surface area contributed by atoms with Gasteiger partial charge >= 0.3 is 0 Å². The summed E-state index contributed by atoms with van der Waals surface area (Å²) in [5, 5.41) is 7.09. The Kier molecular flexibility index (Phi) is 3.94. The summed E-state index contributed by atoms with van der Waals surface area (Å²) in [6.45, 7) is 1.64. The first-order valence-electron chi connectivity index (χ1n) is 6.04. The smallest absolute Gasteiger partial charge is 0.271 e. The van der Waals surface area contributed by atoms with Gasteiger partial charge in [-0.3, -0.25) is 4.79 Å². The van der Waals surface area contributed by atoms with E-state index < -0.39 is 0 Å². The molecule has 0 saturated heterocycles. The highest BCUT2D eigenvalue weighted by Crippen LogP contribution is 2.05. The number of hydrogen-bond acceptors (Lipinski definition) is 3. The number of fused-ring (bicyclic) bond motifs is 1. The van der Waals surface area contributed by atoms with E-state index in [1.54, 1.807) is 10.6 Å². The molecule has 0 unspecified atom stereocenters. The molecule has 0 saturated carbocycles. The summed E-state index contributed by atoms with van der Waals surface area (Å²) in [4.78, 5) is 14.0. The van der Waals surface area contributed by atoms with Crippen LogP contribution in [-0.4, -0.2) is 47.6 Å². The molecule has 2 rings (SSSR count). The van der Waals surface area contributed by atoms with Crippen molar-refractivity contribution in [1.29, 1.82) is 0 Å². The van der Waals surface area contributed by atoms with Crippen molar-refractivity contribution in [2.45, 2.75) is 6.42 Å². The largest absolute Gasteiger partial charge is 0.351 e. The molecule has 0 radical (unpaired) electrons. The molecular weight excluding hydrogens is 228 g/mol. The summed E-state index contributed by atoms with van der Waals surface area (Å²) < 4.78 is 1.70. The van der Waals surface area contributed by atoms with Crippen LogP contribution >= 0.6 is 0 Å². The average Bonchev–Trinajstić information content (AvgIpc) is 2.78. The van der Waals surface area contributed by atoms with Crippen LogP contribution in [0.2, 0.25) is 0 Å². The van der Waals surface area contributed by atoms with Crippen LogP contribution in [0.1, 0.15) is 16.9 Å². The van der Waals surface area contributed by atoms with Crippen molar-refractivity contribution in [1.82, 2.24) is 19.8 Å². The molecule has 0 bridgehead atoms. The highest BCUT2D eigenvalue weighted by molar-refractivity contribution is 5.93. The average molecular weight is 246 g/mol. The number of nitrogens with zero attached hydrogens (tertiary/aromatic N) is 3. The van der Waals surface area contributed by atoms with Crippen molar-refractivity contribution >= 4 is 11.4 Å². The van der Waals surface area contributed by atoms with Crippen molar-refractivity contribution in [3.05, 3.63) is 36.2 Å². The maximum absolute atomic E-state index is 11.9. The van der Waals surface area contributed by atoms with E-state index in [0.29, 0.717) is 12.2 Å². The molecule has 0 fully saturated rings. The van der Waals surface area contributed by atoms with E-state index in [2.05, 4.69) is 15.3 Å². The monoisotopic (exact) mass is 246 g/mol. The number of rotatable bonds is 5. The van der Waals surface area contributed by atoms with Gasteiger partial charge in [-0.25, -0.2) is 4.52 Å². The van der Waals surface area contributed by atoms with Gasteiger partial charge in [0, 0.05) is 12.7 Å². The Morgan fingerprint density at radius 1 is 1.44 bits per heavy atom. The third-order valence-corrected chi connectivity index (χ3v) is 2.67. The predicted octanol–water partition coefficient (Wildman–Crippen LogP) is 1.02. The van der Waals surface area contributed by atoms with Crippen LogP contribution in [0.5, 0.6) is 0 Å². The molecule has 0 aliphatic carbocycles. The number of amides is 1. The molecule has 5 heteroatoms. The topological polar surface area (TPSA) is 49.6 Å². The van der Waals surface area contributed by atoms with Gasteiger partial charge < -0.3 is 10.2 Å². The van der Waals surface area contributed by atoms with Gasteiger partial charge in [0.15, 0.2) is 5.69 Å². The van der Waals surface area contributed by atoms with Gasteiger partial charge in [0.2, 0.25) is 0 Å². The van der Waals surface area contributed by atoms with E-state index in [9.17, 15) is 4.79 Å². The quantitative estimate of drug-likeness (QED) is 0.801. The fraction of sp³-hybridized carbons (Fsp3) is 0.385. The van der Waals surface area contributed by atoms with Gasteiger partial charge in [0.05, 0.1) is 5.52 Å². The lowest BCUT2D eigenvalue weighted by atomic mass is 10.3. The van der Waals surface area contributed by atoms with E-state index in [4.69, 9.17) is 0 Å². The van der Waals surface area contributed by atoms with E-state index in [0.717, 1.165) is 18.5 Å². The lowest BCUT2D eigenvalue weighted by Gasteiger charge is -2.08. The van der Waals surface area contributed by atoms with Gasteiger partial charge in [0.1, 0.15) is 0 Å². The molecule has 0 aromatic carbocycles. The second kappa shape index (κ2) is 5.64. The minimum Gasteiger partial charge on any atom is -0.351 e. The highest BCUT2D eigenvalue weighted by Gasteiger charge is 2.09. The predicted molar refractivity (Wildman–Crippen MR) is 70.7 cm³/mol. The number of carbonyl (C=O) groups is 1. The molecule has 2 aromatic rings. The summed E-state index contributed by atoms with van der Waals surface area (Å²) in [5.74, 6) is -0.113. The lowest BCUT2D eigenvalue weighted by Crippen LogP contribution is -2.27. The lowest BCUT2D eigenvalue weighted by molar-refractivity contribution is 0.0947. The molecule has 0 aliphatic heterocycles. The standard InChI is InChI=1S/C13H18N4O/c1-16(2)8-5-7-14-13(18)12-10-11-6-3-4-9-17(11)15-12/h3-4,6,9-10H,5,7-8H2,1-2H3,(H,14,18). The molecule has 0 spiro atoms. The fourth-order valence-electron chi connectivity index (χ4n) is 1.74. The van der Waals surface area contributed by atoms with E-state index in [1.165, 1.54) is 0 Å². The molecule has 2 heterocycles. The minimum atomic E-state index is -0.113. The van der Waals surface area contributed by atoms with Crippen LogP contribution in [0.3, 0.4) is 0 Å². The Morgan fingerprint density at radius 3 is 3.00 bits per heavy atom. The van der Waals surface area contributed by atoms with Crippen LogP contribution in [0.25, 0.3) is 5.52 Å². The Balaban J connectivity index is 1.92. The number of carbonyl (C=O) groups excluding carboxylic acids is 1. The van der Waals surface area contributed by atoms with Crippen molar-refractivity contribution in [3.8, 4) is 0 Å². The third-order valence-electron chi connectivity index (χ3n) is 2.67. The Bertz CT molecular complexity index is 500. The molecule has 1 amide bonds. The van der Waals surface area contributed by atoms with Gasteiger partial charge in [-0.05, 0) is 45.3 Å². The van der Waals surface area contributed by atoms with Crippen LogP contribution in [0.4, 0.5) is 0 Å². The summed E-state index contributed by atoms with van der Waals surface area (Å²) in [6.07, 6.45) is 2.77. The van der Waals surface area contributed by atoms with Crippen molar-refractivity contribution in [2.24, 2.45) is 0 Å². The molecule has 5 nitrogen and oxygen atoms in total. The first-order valence-corrected chi connectivity index (χ1v) is 6.04. The van der Waals surface area contributed by atoms with Crippen molar-refractivity contribution in [2.75, 3.05) is 27.2 Å². The molecule has 96 valence electrons. The number of pyridine rings is 1. The fourth-order valence-corrected chi connectivity index (χ4v) is 1.74. The maximum Gasteiger partial charge on any atom is 0.271 e. The Hall–Kier alpha value is -1.88. The van der Waals surface area contributed by atoms with Crippen LogP contribution in [0.15, 0.2) is 30.5 Å². The molecule has 1 N–H and O–H groups in total. The molecule has 18 heavy (non-hydrogen) atoms. The van der Waals surface area contributed by atoms with Crippen LogP contribution < -0.4 is 5.32 Å². The zero-order chi connectivity index (χ0) is 13.0. The van der Waals surface area contributed by atoms with Gasteiger partial charge in [-0.15, -0.1) is 0 Å². The highest BCUT2D eigenvalue weighted by atomic mass is 16.1. The molecular formula is C13H18N4O. The zero-order valence-corrected chi connectivity index (χ0v) is 10.8. The normalized spacial score (nSPS) is 11.1. The Labute approximate surface area is 106 Å². The van der Waals surface area contributed by atoms with Crippen molar-refractivity contribution in [3.63, 3.8) is 0 Å². The molecule has 0 aliphatic rings. The SMILES string of the molecule is CN(C)CCCNC(=O)c1cc2ccccn2n1. The number of aromatic nitrogens is 2. The first kappa shape index (κ1) is 12.6. The van der Waals surface area contributed by atoms with E-state index in [1.807, 2.05) is 38.5 Å². The Morgan fingerprint density at radius 2 is 2.28 bits per heavy atom. The number of nitrogens with one attached hydrogen (secondary N) is 1. The maximum atomic E-state index is 11.9. The molecule has 2 aromatic heterocycles. The third kappa shape index (κ3) is 3.07. The van der Waals surface area contributed by atoms with E-state index >= 15 is 0 Å². The summed E-state index contributed by atoms with van der Waals surface area (Å²) in [5.41, 5.74) is 1.39. The summed E-state index contributed by atoms with van der Waals surface area (Å²) in [7, 11) is 4.04.